The number of nitrogens with one attached hydrogen (secondary N) is 1. The van der Waals surface area contributed by atoms with Gasteiger partial charge in [-0.1, -0.05) is 26.7 Å². The lowest BCUT2D eigenvalue weighted by atomic mass is 9.74. The number of rotatable bonds is 5. The van der Waals surface area contributed by atoms with E-state index in [9.17, 15) is 4.79 Å². The van der Waals surface area contributed by atoms with Crippen molar-refractivity contribution in [2.24, 2.45) is 11.3 Å². The molecule has 0 bridgehead atoms. The molecule has 0 spiro atoms. The van der Waals surface area contributed by atoms with Gasteiger partial charge in [0, 0.05) is 12.7 Å². The lowest BCUT2D eigenvalue weighted by Crippen LogP contribution is -2.39. The number of piperidine rings is 1. The van der Waals surface area contributed by atoms with Crippen molar-refractivity contribution < 1.29 is 4.79 Å². The summed E-state index contributed by atoms with van der Waals surface area (Å²) in [5, 5.41) is 0. The highest BCUT2D eigenvalue weighted by Crippen LogP contribution is 2.38. The number of pyridine rings is 1. The maximum atomic E-state index is 11.4. The largest absolute Gasteiger partial charge is 0.297 e. The van der Waals surface area contributed by atoms with Crippen molar-refractivity contribution in [3.05, 3.63) is 29.6 Å². The molecule has 0 unspecified atom stereocenters. The minimum atomic E-state index is -0.303. The van der Waals surface area contributed by atoms with Crippen molar-refractivity contribution in [2.75, 3.05) is 13.1 Å². The van der Waals surface area contributed by atoms with Gasteiger partial charge in [-0.2, -0.15) is 0 Å². The van der Waals surface area contributed by atoms with Crippen molar-refractivity contribution in [3.63, 3.8) is 0 Å². The van der Waals surface area contributed by atoms with Gasteiger partial charge in [0.2, 0.25) is 0 Å². The van der Waals surface area contributed by atoms with Gasteiger partial charge in [-0.3, -0.25) is 20.1 Å². The van der Waals surface area contributed by atoms with E-state index in [1.54, 1.807) is 12.3 Å². The molecule has 2 rings (SSSR count). The van der Waals surface area contributed by atoms with E-state index in [1.165, 1.54) is 25.7 Å². The van der Waals surface area contributed by atoms with Crippen molar-refractivity contribution >= 4 is 5.91 Å². The summed E-state index contributed by atoms with van der Waals surface area (Å²) in [7, 11) is 0. The maximum absolute atomic E-state index is 11.4. The van der Waals surface area contributed by atoms with Gasteiger partial charge in [-0.25, -0.2) is 5.84 Å². The van der Waals surface area contributed by atoms with E-state index in [0.29, 0.717) is 11.0 Å². The third kappa shape index (κ3) is 3.80. The van der Waals surface area contributed by atoms with Crippen LogP contribution < -0.4 is 11.3 Å². The molecule has 5 nitrogen and oxygen atoms in total. The van der Waals surface area contributed by atoms with E-state index in [1.807, 2.05) is 6.07 Å². The van der Waals surface area contributed by atoms with E-state index >= 15 is 0 Å². The number of aromatic nitrogens is 1. The number of hydrazine groups is 1. The standard InChI is InChI=1S/C16H26N4O/c1-3-16(4-2)7-9-20(10-8-16)12-14-6-5-13(11-18-14)15(21)19-17/h5-6,11H,3-4,7-10,12,17H2,1-2H3,(H,19,21). The number of hydrogen-bond donors (Lipinski definition) is 2. The average Bonchev–Trinajstić information content (AvgIpc) is 2.56. The Morgan fingerprint density at radius 3 is 2.48 bits per heavy atom. The first-order chi connectivity index (χ1) is 10.1. The second kappa shape index (κ2) is 7.00. The van der Waals surface area contributed by atoms with Crippen molar-refractivity contribution in [1.29, 1.82) is 0 Å². The number of likely N-dealkylation sites (tertiary alicyclic amines) is 1. The Morgan fingerprint density at radius 1 is 1.33 bits per heavy atom. The molecule has 1 fully saturated rings. The third-order valence-electron chi connectivity index (χ3n) is 5.02. The second-order valence-corrected chi connectivity index (χ2v) is 5.99. The first kappa shape index (κ1) is 15.9. The molecule has 0 atom stereocenters. The second-order valence-electron chi connectivity index (χ2n) is 5.99. The normalized spacial score (nSPS) is 18.4. The topological polar surface area (TPSA) is 71.2 Å². The molecular formula is C16H26N4O. The number of carbonyl (C=O) groups excluding carboxylic acids is 1. The minimum absolute atomic E-state index is 0.303. The number of nitrogens with zero attached hydrogens (tertiary/aromatic N) is 2. The molecule has 3 N–H and O–H groups in total. The van der Waals surface area contributed by atoms with Crippen LogP contribution in [0.15, 0.2) is 18.3 Å². The molecule has 2 heterocycles. The number of nitrogen functional groups attached to an aromatic ring is 1. The maximum Gasteiger partial charge on any atom is 0.266 e. The summed E-state index contributed by atoms with van der Waals surface area (Å²) in [6, 6.07) is 3.68. The Morgan fingerprint density at radius 2 is 2.00 bits per heavy atom. The summed E-state index contributed by atoms with van der Waals surface area (Å²) in [5.74, 6) is 4.80. The van der Waals surface area contributed by atoms with Crippen LogP contribution in [0.25, 0.3) is 0 Å². The van der Waals surface area contributed by atoms with Gasteiger partial charge < -0.3 is 0 Å². The van der Waals surface area contributed by atoms with Crippen LogP contribution in [0.5, 0.6) is 0 Å². The minimum Gasteiger partial charge on any atom is -0.297 e. The summed E-state index contributed by atoms with van der Waals surface area (Å²) < 4.78 is 0. The zero-order valence-corrected chi connectivity index (χ0v) is 13.1. The van der Waals surface area contributed by atoms with Crippen molar-refractivity contribution in [2.45, 2.75) is 46.1 Å². The lowest BCUT2D eigenvalue weighted by molar-refractivity contribution is 0.0900. The Kier molecular flexibility index (Phi) is 5.31. The van der Waals surface area contributed by atoms with Gasteiger partial charge >= 0.3 is 0 Å². The summed E-state index contributed by atoms with van der Waals surface area (Å²) in [5.41, 5.74) is 4.16. The fourth-order valence-electron chi connectivity index (χ4n) is 3.11. The molecule has 1 aromatic rings. The van der Waals surface area contributed by atoms with E-state index in [4.69, 9.17) is 5.84 Å². The van der Waals surface area contributed by atoms with Gasteiger partial charge in [-0.05, 0) is 43.5 Å². The van der Waals surface area contributed by atoms with E-state index in [-0.39, 0.29) is 5.91 Å². The summed E-state index contributed by atoms with van der Waals surface area (Å²) in [6.45, 7) is 7.74. The zero-order valence-electron chi connectivity index (χ0n) is 13.1. The number of amides is 1. The van der Waals surface area contributed by atoms with Crippen LogP contribution in [0.2, 0.25) is 0 Å². The zero-order chi connectivity index (χ0) is 15.3. The molecule has 5 heteroatoms. The Balaban J connectivity index is 1.90. The van der Waals surface area contributed by atoms with Crippen LogP contribution in [0, 0.1) is 5.41 Å². The summed E-state index contributed by atoms with van der Waals surface area (Å²) in [4.78, 5) is 18.2. The molecule has 1 aliphatic rings. The van der Waals surface area contributed by atoms with Crippen LogP contribution >= 0.6 is 0 Å². The number of hydrogen-bond acceptors (Lipinski definition) is 4. The Bertz CT molecular complexity index is 458. The van der Waals surface area contributed by atoms with E-state index < -0.39 is 0 Å². The average molecular weight is 290 g/mol. The molecule has 1 saturated heterocycles. The molecule has 0 aromatic carbocycles. The predicted octanol–water partition coefficient (Wildman–Crippen LogP) is 2.09. The highest BCUT2D eigenvalue weighted by atomic mass is 16.2. The molecule has 0 aliphatic carbocycles. The smallest absolute Gasteiger partial charge is 0.266 e. The van der Waals surface area contributed by atoms with Gasteiger partial charge in [0.25, 0.3) is 5.91 Å². The molecule has 0 saturated carbocycles. The van der Waals surface area contributed by atoms with Crippen LogP contribution in [-0.2, 0) is 6.54 Å². The predicted molar refractivity (Wildman–Crippen MR) is 83.4 cm³/mol. The van der Waals surface area contributed by atoms with Crippen LogP contribution in [-0.4, -0.2) is 28.9 Å². The molecule has 1 amide bonds. The third-order valence-corrected chi connectivity index (χ3v) is 5.02. The van der Waals surface area contributed by atoms with Gasteiger partial charge in [-0.15, -0.1) is 0 Å². The Hall–Kier alpha value is -1.46. The van der Waals surface area contributed by atoms with Crippen LogP contribution in [0.3, 0.4) is 0 Å². The number of carbonyl (C=O) groups is 1. The van der Waals surface area contributed by atoms with E-state index in [2.05, 4.69) is 29.2 Å². The van der Waals surface area contributed by atoms with E-state index in [0.717, 1.165) is 25.3 Å². The molecular weight excluding hydrogens is 264 g/mol. The molecule has 0 radical (unpaired) electrons. The highest BCUT2D eigenvalue weighted by molar-refractivity contribution is 5.93. The highest BCUT2D eigenvalue weighted by Gasteiger charge is 2.31. The first-order valence-corrected chi connectivity index (χ1v) is 7.80. The molecule has 1 aliphatic heterocycles. The van der Waals surface area contributed by atoms with Crippen LogP contribution in [0.4, 0.5) is 0 Å². The molecule has 116 valence electrons. The van der Waals surface area contributed by atoms with Gasteiger partial charge in [0.1, 0.15) is 0 Å². The van der Waals surface area contributed by atoms with Crippen LogP contribution in [0.1, 0.15) is 55.6 Å². The molecule has 1 aromatic heterocycles. The monoisotopic (exact) mass is 290 g/mol. The van der Waals surface area contributed by atoms with Gasteiger partial charge in [0.15, 0.2) is 0 Å². The fourth-order valence-corrected chi connectivity index (χ4v) is 3.11. The SMILES string of the molecule is CCC1(CC)CCN(Cc2ccc(C(=O)NN)cn2)CC1. The quantitative estimate of drug-likeness (QED) is 0.495. The molecule has 21 heavy (non-hydrogen) atoms. The first-order valence-electron chi connectivity index (χ1n) is 7.80. The van der Waals surface area contributed by atoms with Gasteiger partial charge in [0.05, 0.1) is 11.3 Å². The van der Waals surface area contributed by atoms with Crippen molar-refractivity contribution in [1.82, 2.24) is 15.3 Å². The van der Waals surface area contributed by atoms with Crippen molar-refractivity contribution in [3.8, 4) is 0 Å². The summed E-state index contributed by atoms with van der Waals surface area (Å²) in [6.07, 6.45) is 6.68. The lowest BCUT2D eigenvalue weighted by Gasteiger charge is -2.40. The summed E-state index contributed by atoms with van der Waals surface area (Å²) >= 11 is 0. The number of nitrogens with two attached hydrogens (primary N) is 1. The fraction of sp³-hybridized carbons (Fsp3) is 0.625. The Labute approximate surface area is 126 Å².